The van der Waals surface area contributed by atoms with Crippen molar-refractivity contribution in [3.05, 3.63) is 23.8 Å². The molecule has 1 aromatic carbocycles. The molecule has 1 saturated carbocycles. The summed E-state index contributed by atoms with van der Waals surface area (Å²) in [7, 11) is 0. The Labute approximate surface area is 154 Å². The van der Waals surface area contributed by atoms with Gasteiger partial charge < -0.3 is 20.1 Å². The molecule has 2 N–H and O–H groups in total. The van der Waals surface area contributed by atoms with Crippen molar-refractivity contribution in [3.63, 3.8) is 0 Å². The molecule has 3 aliphatic heterocycles. The van der Waals surface area contributed by atoms with Crippen LogP contribution in [0.2, 0.25) is 0 Å². The number of benzene rings is 1. The summed E-state index contributed by atoms with van der Waals surface area (Å²) in [5.74, 6) is 2.33. The molecule has 1 aromatic rings. The summed E-state index contributed by atoms with van der Waals surface area (Å²) in [6.45, 7) is 1.21. The van der Waals surface area contributed by atoms with Crippen LogP contribution in [0.3, 0.4) is 0 Å². The molecule has 3 heterocycles. The van der Waals surface area contributed by atoms with E-state index in [2.05, 4.69) is 22.8 Å². The Morgan fingerprint density at radius 1 is 1.04 bits per heavy atom. The van der Waals surface area contributed by atoms with E-state index in [9.17, 15) is 4.79 Å². The van der Waals surface area contributed by atoms with E-state index in [0.717, 1.165) is 30.8 Å². The Balaban J connectivity index is 0.00000157. The van der Waals surface area contributed by atoms with Crippen LogP contribution in [0, 0.1) is 5.92 Å². The van der Waals surface area contributed by atoms with Crippen LogP contribution in [0.4, 0.5) is 0 Å². The van der Waals surface area contributed by atoms with Crippen LogP contribution in [0.5, 0.6) is 11.5 Å². The summed E-state index contributed by atoms with van der Waals surface area (Å²) >= 11 is 0. The molecule has 0 radical (unpaired) electrons. The van der Waals surface area contributed by atoms with Gasteiger partial charge in [0.1, 0.15) is 13.2 Å². The largest absolute Gasteiger partial charge is 0.486 e. The molecule has 4 atom stereocenters. The fourth-order valence-electron chi connectivity index (χ4n) is 4.63. The van der Waals surface area contributed by atoms with Crippen LogP contribution in [0.15, 0.2) is 18.2 Å². The van der Waals surface area contributed by atoms with Gasteiger partial charge in [-0.3, -0.25) is 4.79 Å². The van der Waals surface area contributed by atoms with Crippen LogP contribution in [0.1, 0.15) is 43.6 Å². The maximum absolute atomic E-state index is 12.6. The maximum Gasteiger partial charge on any atom is 0.223 e. The zero-order valence-electron chi connectivity index (χ0n) is 14.2. The first-order valence-electron chi connectivity index (χ1n) is 9.22. The van der Waals surface area contributed by atoms with Crippen LogP contribution < -0.4 is 20.1 Å². The Hall–Kier alpha value is -1.46. The number of fused-ring (bicyclic) bond motifs is 3. The van der Waals surface area contributed by atoms with Gasteiger partial charge in [0, 0.05) is 24.0 Å². The highest BCUT2D eigenvalue weighted by molar-refractivity contribution is 5.85. The summed E-state index contributed by atoms with van der Waals surface area (Å²) in [6.07, 6.45) is 5.65. The fourth-order valence-corrected chi connectivity index (χ4v) is 4.63. The predicted octanol–water partition coefficient (Wildman–Crippen LogP) is 2.38. The molecule has 2 saturated heterocycles. The third kappa shape index (κ3) is 3.32. The van der Waals surface area contributed by atoms with Gasteiger partial charge >= 0.3 is 0 Å². The second-order valence-corrected chi connectivity index (χ2v) is 7.67. The van der Waals surface area contributed by atoms with E-state index in [0.29, 0.717) is 37.3 Å². The van der Waals surface area contributed by atoms with Crippen LogP contribution >= 0.6 is 12.4 Å². The zero-order chi connectivity index (χ0) is 16.1. The monoisotopic (exact) mass is 364 g/mol. The second-order valence-electron chi connectivity index (χ2n) is 7.67. The fraction of sp³-hybridized carbons (Fsp3) is 0.632. The molecule has 136 valence electrons. The van der Waals surface area contributed by atoms with Crippen molar-refractivity contribution in [2.75, 3.05) is 13.2 Å². The van der Waals surface area contributed by atoms with Gasteiger partial charge in [-0.15, -0.1) is 12.4 Å². The molecule has 1 aliphatic carbocycles. The Morgan fingerprint density at radius 3 is 2.52 bits per heavy atom. The summed E-state index contributed by atoms with van der Waals surface area (Å²) in [5.41, 5.74) is 1.20. The highest BCUT2D eigenvalue weighted by Crippen LogP contribution is 2.49. The molecule has 5 nitrogen and oxygen atoms in total. The molecule has 2 bridgehead atoms. The first kappa shape index (κ1) is 17.0. The SMILES string of the molecule is Cl.O=C(NC1CC2CCC(C1)N2)C1CC1c1ccc2c(c1)OCCO2. The van der Waals surface area contributed by atoms with Gasteiger partial charge in [-0.25, -0.2) is 0 Å². The molecule has 5 rings (SSSR count). The third-order valence-corrected chi connectivity index (χ3v) is 5.94. The van der Waals surface area contributed by atoms with Gasteiger partial charge in [-0.1, -0.05) is 6.07 Å². The number of hydrogen-bond acceptors (Lipinski definition) is 4. The molecule has 0 spiro atoms. The van der Waals surface area contributed by atoms with Gasteiger partial charge in [0.05, 0.1) is 0 Å². The summed E-state index contributed by atoms with van der Waals surface area (Å²) in [4.78, 5) is 12.6. The first-order valence-corrected chi connectivity index (χ1v) is 9.22. The Bertz CT molecular complexity index is 656. The van der Waals surface area contributed by atoms with Crippen molar-refractivity contribution in [2.24, 2.45) is 5.92 Å². The zero-order valence-corrected chi connectivity index (χ0v) is 15.0. The summed E-state index contributed by atoms with van der Waals surface area (Å²) in [6, 6.07) is 7.69. The number of piperidine rings is 1. The van der Waals surface area contributed by atoms with E-state index < -0.39 is 0 Å². The second kappa shape index (κ2) is 6.69. The van der Waals surface area contributed by atoms with Crippen molar-refractivity contribution in [1.29, 1.82) is 0 Å². The number of hydrogen-bond donors (Lipinski definition) is 2. The lowest BCUT2D eigenvalue weighted by Gasteiger charge is -2.29. The summed E-state index contributed by atoms with van der Waals surface area (Å²) < 4.78 is 11.2. The number of amides is 1. The van der Waals surface area contributed by atoms with Crippen molar-refractivity contribution in [2.45, 2.75) is 56.1 Å². The normalized spacial score (nSPS) is 34.8. The maximum atomic E-state index is 12.6. The minimum absolute atomic E-state index is 0. The lowest BCUT2D eigenvalue weighted by atomic mass is 9.99. The number of rotatable bonds is 3. The molecule has 1 amide bonds. The minimum atomic E-state index is 0. The number of carbonyl (C=O) groups excluding carboxylic acids is 1. The van der Waals surface area contributed by atoms with Gasteiger partial charge in [-0.05, 0) is 55.7 Å². The minimum Gasteiger partial charge on any atom is -0.486 e. The number of carbonyl (C=O) groups is 1. The lowest BCUT2D eigenvalue weighted by Crippen LogP contribution is -2.48. The quantitative estimate of drug-likeness (QED) is 0.864. The predicted molar refractivity (Wildman–Crippen MR) is 96.6 cm³/mol. The average molecular weight is 365 g/mol. The third-order valence-electron chi connectivity index (χ3n) is 5.94. The smallest absolute Gasteiger partial charge is 0.223 e. The van der Waals surface area contributed by atoms with E-state index in [1.807, 2.05) is 6.07 Å². The van der Waals surface area contributed by atoms with Crippen molar-refractivity contribution >= 4 is 18.3 Å². The molecule has 25 heavy (non-hydrogen) atoms. The van der Waals surface area contributed by atoms with E-state index in [4.69, 9.17) is 9.47 Å². The highest BCUT2D eigenvalue weighted by atomic mass is 35.5. The van der Waals surface area contributed by atoms with E-state index >= 15 is 0 Å². The topological polar surface area (TPSA) is 59.6 Å². The molecule has 3 fully saturated rings. The Morgan fingerprint density at radius 2 is 1.76 bits per heavy atom. The standard InChI is InChI=1S/C19H24N2O3.ClH/c22-19(21-14-8-12-2-3-13(9-14)20-12)16-10-15(16)11-1-4-17-18(7-11)24-6-5-23-17;/h1,4,7,12-16,20H,2-3,5-6,8-10H2,(H,21,22);1H. The molecule has 4 unspecified atom stereocenters. The first-order chi connectivity index (χ1) is 11.8. The average Bonchev–Trinajstić information content (AvgIpc) is 3.34. The summed E-state index contributed by atoms with van der Waals surface area (Å²) in [5, 5.41) is 6.93. The van der Waals surface area contributed by atoms with Gasteiger partial charge in [0.2, 0.25) is 5.91 Å². The molecular weight excluding hydrogens is 340 g/mol. The van der Waals surface area contributed by atoms with Gasteiger partial charge in [-0.2, -0.15) is 0 Å². The van der Waals surface area contributed by atoms with E-state index in [1.165, 1.54) is 18.4 Å². The highest BCUT2D eigenvalue weighted by Gasteiger charge is 2.45. The van der Waals surface area contributed by atoms with Crippen LogP contribution in [-0.4, -0.2) is 37.2 Å². The van der Waals surface area contributed by atoms with E-state index in [-0.39, 0.29) is 24.2 Å². The molecule has 4 aliphatic rings. The molecule has 6 heteroatoms. The van der Waals surface area contributed by atoms with Crippen LogP contribution in [-0.2, 0) is 4.79 Å². The van der Waals surface area contributed by atoms with Crippen molar-refractivity contribution in [3.8, 4) is 11.5 Å². The lowest BCUT2D eigenvalue weighted by molar-refractivity contribution is -0.123. The van der Waals surface area contributed by atoms with Crippen molar-refractivity contribution in [1.82, 2.24) is 10.6 Å². The number of halogens is 1. The Kier molecular flexibility index (Phi) is 4.54. The van der Waals surface area contributed by atoms with Crippen molar-refractivity contribution < 1.29 is 14.3 Å². The van der Waals surface area contributed by atoms with E-state index in [1.54, 1.807) is 0 Å². The van der Waals surface area contributed by atoms with Gasteiger partial charge in [0.25, 0.3) is 0 Å². The molecular formula is C19H25ClN2O3. The molecule has 0 aromatic heterocycles. The number of ether oxygens (including phenoxy) is 2. The number of nitrogens with one attached hydrogen (secondary N) is 2. The van der Waals surface area contributed by atoms with Gasteiger partial charge in [0.15, 0.2) is 11.5 Å². The van der Waals surface area contributed by atoms with Crippen LogP contribution in [0.25, 0.3) is 0 Å².